The van der Waals surface area contributed by atoms with Crippen LogP contribution in [0.1, 0.15) is 16.8 Å². The standard InChI is InChI=1S/C25H27F3N4O2/c1-34-19-5-6-22-20(14-19)21-15-32(8-7-23(21)29-22)24(33)16-30-9-11-31(12-10-30)18-4-2-3-17(13-18)25(26,27)28/h2-6,13-14,29H,7-12,15-16H2,1H3/p+1. The molecule has 2 aliphatic rings. The van der Waals surface area contributed by atoms with E-state index in [1.807, 2.05) is 28.0 Å². The summed E-state index contributed by atoms with van der Waals surface area (Å²) in [5.41, 5.74) is 3.33. The Labute approximate surface area is 195 Å². The second-order valence-corrected chi connectivity index (χ2v) is 9.02. The van der Waals surface area contributed by atoms with Crippen molar-refractivity contribution in [3.05, 3.63) is 59.3 Å². The molecular weight excluding hydrogens is 445 g/mol. The van der Waals surface area contributed by atoms with Crippen molar-refractivity contribution >= 4 is 22.5 Å². The van der Waals surface area contributed by atoms with Gasteiger partial charge in [-0.2, -0.15) is 13.2 Å². The van der Waals surface area contributed by atoms with Gasteiger partial charge in [-0.3, -0.25) is 4.79 Å². The first-order valence-electron chi connectivity index (χ1n) is 11.5. The number of aromatic nitrogens is 1. The van der Waals surface area contributed by atoms with E-state index in [-0.39, 0.29) is 5.91 Å². The van der Waals surface area contributed by atoms with E-state index in [0.717, 1.165) is 34.7 Å². The maximum Gasteiger partial charge on any atom is 0.416 e. The number of hydrogen-bond acceptors (Lipinski definition) is 3. The minimum absolute atomic E-state index is 0.116. The number of benzene rings is 2. The molecule has 0 atom stereocenters. The number of rotatable bonds is 4. The molecule has 1 amide bonds. The summed E-state index contributed by atoms with van der Waals surface area (Å²) in [6.45, 7) is 4.32. The summed E-state index contributed by atoms with van der Waals surface area (Å²) >= 11 is 0. The Bertz CT molecular complexity index is 1200. The second kappa shape index (κ2) is 8.87. The highest BCUT2D eigenvalue weighted by molar-refractivity contribution is 5.87. The van der Waals surface area contributed by atoms with Crippen molar-refractivity contribution in [2.24, 2.45) is 0 Å². The Morgan fingerprint density at radius 2 is 1.91 bits per heavy atom. The third kappa shape index (κ3) is 4.44. The summed E-state index contributed by atoms with van der Waals surface area (Å²) in [5.74, 6) is 0.909. The number of amides is 1. The number of hydrogen-bond donors (Lipinski definition) is 2. The van der Waals surface area contributed by atoms with E-state index in [2.05, 4.69) is 4.98 Å². The number of nitrogens with zero attached hydrogens (tertiary/aromatic N) is 2. The largest absolute Gasteiger partial charge is 0.497 e. The Morgan fingerprint density at radius 3 is 2.65 bits per heavy atom. The van der Waals surface area contributed by atoms with Gasteiger partial charge in [0.1, 0.15) is 5.75 Å². The van der Waals surface area contributed by atoms with E-state index in [1.165, 1.54) is 22.7 Å². The normalized spacial score (nSPS) is 17.2. The van der Waals surface area contributed by atoms with Gasteiger partial charge in [0.2, 0.25) is 0 Å². The molecule has 2 N–H and O–H groups in total. The molecule has 0 bridgehead atoms. The van der Waals surface area contributed by atoms with Gasteiger partial charge in [0, 0.05) is 47.4 Å². The Morgan fingerprint density at radius 1 is 1.12 bits per heavy atom. The number of quaternary nitrogens is 1. The van der Waals surface area contributed by atoms with Gasteiger partial charge in [-0.05, 0) is 36.4 Å². The number of carbonyl (C=O) groups is 1. The van der Waals surface area contributed by atoms with Crippen molar-refractivity contribution in [2.45, 2.75) is 19.1 Å². The minimum Gasteiger partial charge on any atom is -0.497 e. The number of nitrogens with one attached hydrogen (secondary N) is 2. The first kappa shape index (κ1) is 22.6. The predicted molar refractivity (Wildman–Crippen MR) is 123 cm³/mol. The first-order valence-corrected chi connectivity index (χ1v) is 11.5. The summed E-state index contributed by atoms with van der Waals surface area (Å²) in [6, 6.07) is 11.4. The summed E-state index contributed by atoms with van der Waals surface area (Å²) in [5, 5.41) is 1.09. The van der Waals surface area contributed by atoms with E-state index in [1.54, 1.807) is 13.2 Å². The van der Waals surface area contributed by atoms with Crippen LogP contribution in [0.25, 0.3) is 10.9 Å². The topological polar surface area (TPSA) is 53.0 Å². The molecule has 3 heterocycles. The fourth-order valence-electron chi connectivity index (χ4n) is 5.00. The minimum atomic E-state index is -4.35. The number of anilines is 1. The van der Waals surface area contributed by atoms with Gasteiger partial charge < -0.3 is 24.4 Å². The highest BCUT2D eigenvalue weighted by Gasteiger charge is 2.32. The second-order valence-electron chi connectivity index (χ2n) is 9.02. The third-order valence-electron chi connectivity index (χ3n) is 6.95. The van der Waals surface area contributed by atoms with Crippen LogP contribution in [0.2, 0.25) is 0 Å². The van der Waals surface area contributed by atoms with Crippen LogP contribution in [-0.2, 0) is 23.9 Å². The smallest absolute Gasteiger partial charge is 0.416 e. The van der Waals surface area contributed by atoms with Crippen LogP contribution in [0.4, 0.5) is 18.9 Å². The molecule has 1 aromatic heterocycles. The SMILES string of the molecule is COc1ccc2[nH]c3c(c2c1)CN(C(=O)C[NH+]1CCN(c2cccc(C(F)(F)F)c2)CC1)CC3. The van der Waals surface area contributed by atoms with E-state index < -0.39 is 11.7 Å². The lowest BCUT2D eigenvalue weighted by atomic mass is 10.0. The first-order chi connectivity index (χ1) is 16.3. The average Bonchev–Trinajstić information content (AvgIpc) is 3.21. The van der Waals surface area contributed by atoms with Gasteiger partial charge >= 0.3 is 6.18 Å². The lowest BCUT2D eigenvalue weighted by Crippen LogP contribution is -3.15. The van der Waals surface area contributed by atoms with Crippen molar-refractivity contribution in [3.63, 3.8) is 0 Å². The summed E-state index contributed by atoms with van der Waals surface area (Å²) in [4.78, 5) is 21.6. The number of methoxy groups -OCH3 is 1. The lowest BCUT2D eigenvalue weighted by molar-refractivity contribution is -0.892. The number of piperazine rings is 1. The maximum absolute atomic E-state index is 13.1. The van der Waals surface area contributed by atoms with Crippen LogP contribution in [-0.4, -0.2) is 62.2 Å². The zero-order valence-corrected chi connectivity index (χ0v) is 19.0. The average molecular weight is 474 g/mol. The summed E-state index contributed by atoms with van der Waals surface area (Å²) in [6.07, 6.45) is -3.56. The summed E-state index contributed by atoms with van der Waals surface area (Å²) < 4.78 is 44.5. The van der Waals surface area contributed by atoms with Crippen molar-refractivity contribution in [2.75, 3.05) is 51.3 Å². The maximum atomic E-state index is 13.1. The molecule has 2 aliphatic heterocycles. The molecule has 0 saturated carbocycles. The molecule has 34 heavy (non-hydrogen) atoms. The Hall–Kier alpha value is -3.20. The number of carbonyl (C=O) groups excluding carboxylic acids is 1. The number of halogens is 3. The van der Waals surface area contributed by atoms with E-state index in [9.17, 15) is 18.0 Å². The van der Waals surface area contributed by atoms with Crippen LogP contribution in [0.3, 0.4) is 0 Å². The zero-order chi connectivity index (χ0) is 23.9. The molecule has 3 aromatic rings. The summed E-state index contributed by atoms with van der Waals surface area (Å²) in [7, 11) is 1.64. The molecule has 0 spiro atoms. The number of alkyl halides is 3. The molecule has 6 nitrogen and oxygen atoms in total. The molecule has 180 valence electrons. The van der Waals surface area contributed by atoms with Crippen LogP contribution >= 0.6 is 0 Å². The van der Waals surface area contributed by atoms with Gasteiger partial charge in [-0.1, -0.05) is 6.07 Å². The fraction of sp³-hybridized carbons (Fsp3) is 0.400. The lowest BCUT2D eigenvalue weighted by Gasteiger charge is -2.35. The van der Waals surface area contributed by atoms with Gasteiger partial charge in [0.25, 0.3) is 5.91 Å². The molecule has 0 radical (unpaired) electrons. The highest BCUT2D eigenvalue weighted by Crippen LogP contribution is 2.32. The molecule has 1 saturated heterocycles. The number of aromatic amines is 1. The highest BCUT2D eigenvalue weighted by atomic mass is 19.4. The third-order valence-corrected chi connectivity index (χ3v) is 6.95. The van der Waals surface area contributed by atoms with Crippen LogP contribution < -0.4 is 14.5 Å². The van der Waals surface area contributed by atoms with Gasteiger partial charge in [0.05, 0.1) is 38.9 Å². The van der Waals surface area contributed by atoms with Crippen molar-refractivity contribution in [1.82, 2.24) is 9.88 Å². The monoisotopic (exact) mass is 473 g/mol. The van der Waals surface area contributed by atoms with E-state index in [0.29, 0.717) is 51.5 Å². The Balaban J connectivity index is 1.20. The van der Waals surface area contributed by atoms with Crippen LogP contribution in [0.15, 0.2) is 42.5 Å². The van der Waals surface area contributed by atoms with Crippen molar-refractivity contribution in [3.8, 4) is 5.75 Å². The zero-order valence-electron chi connectivity index (χ0n) is 19.0. The van der Waals surface area contributed by atoms with Gasteiger partial charge in [0.15, 0.2) is 6.54 Å². The molecule has 9 heteroatoms. The fourth-order valence-corrected chi connectivity index (χ4v) is 5.00. The van der Waals surface area contributed by atoms with Crippen molar-refractivity contribution in [1.29, 1.82) is 0 Å². The Kier molecular flexibility index (Phi) is 5.89. The molecule has 0 aliphatic carbocycles. The number of ether oxygens (including phenoxy) is 1. The van der Waals surface area contributed by atoms with E-state index >= 15 is 0 Å². The van der Waals surface area contributed by atoms with Gasteiger partial charge in [-0.25, -0.2) is 0 Å². The quantitative estimate of drug-likeness (QED) is 0.612. The van der Waals surface area contributed by atoms with Crippen LogP contribution in [0, 0.1) is 0 Å². The van der Waals surface area contributed by atoms with Gasteiger partial charge in [-0.15, -0.1) is 0 Å². The molecule has 5 rings (SSSR count). The van der Waals surface area contributed by atoms with Crippen LogP contribution in [0.5, 0.6) is 5.75 Å². The number of fused-ring (bicyclic) bond motifs is 3. The molecule has 2 aromatic carbocycles. The molecule has 0 unspecified atom stereocenters. The molecule has 1 fully saturated rings. The van der Waals surface area contributed by atoms with Crippen molar-refractivity contribution < 1.29 is 27.6 Å². The molecular formula is C25H28F3N4O2+. The predicted octanol–water partition coefficient (Wildman–Crippen LogP) is 2.49. The van der Waals surface area contributed by atoms with E-state index in [4.69, 9.17) is 4.74 Å². The number of H-pyrrole nitrogens is 1.